The van der Waals surface area contributed by atoms with Gasteiger partial charge in [-0.15, -0.1) is 0 Å². The number of Topliss-reactive ketones (excluding diaryl/α,β-unsaturated/α-hetero) is 1. The quantitative estimate of drug-likeness (QED) is 0.593. The van der Waals surface area contributed by atoms with Gasteiger partial charge in [0.25, 0.3) is 11.8 Å². The number of carbonyl (C=O) groups excluding carboxylic acids is 3. The third-order valence-electron chi connectivity index (χ3n) is 3.69. The van der Waals surface area contributed by atoms with Crippen molar-refractivity contribution >= 4 is 17.6 Å². The molecule has 0 radical (unpaired) electrons. The summed E-state index contributed by atoms with van der Waals surface area (Å²) in [5, 5.41) is 1.99. The minimum absolute atomic E-state index is 0.204. The number of nitrogens with one attached hydrogen (secondary N) is 1. The zero-order valence-corrected chi connectivity index (χ0v) is 13.7. The summed E-state index contributed by atoms with van der Waals surface area (Å²) in [6.07, 6.45) is -5.19. The number of benzene rings is 2. The first-order chi connectivity index (χ1) is 12.6. The molecule has 0 aromatic heterocycles. The van der Waals surface area contributed by atoms with Crippen molar-refractivity contribution in [2.24, 2.45) is 5.73 Å². The molecule has 0 fully saturated rings. The Labute approximate surface area is 151 Å². The van der Waals surface area contributed by atoms with Gasteiger partial charge in [0, 0.05) is 6.42 Å². The highest BCUT2D eigenvalue weighted by molar-refractivity contribution is 6.38. The largest absolute Gasteiger partial charge is 0.417 e. The number of nitrogens with two attached hydrogens (primary N) is 1. The van der Waals surface area contributed by atoms with Crippen LogP contribution in [0.2, 0.25) is 0 Å². The second-order valence-corrected chi connectivity index (χ2v) is 5.60. The molecule has 27 heavy (non-hydrogen) atoms. The molecule has 0 aliphatic rings. The van der Waals surface area contributed by atoms with Crippen LogP contribution in [0, 0.1) is 5.82 Å². The molecule has 0 saturated carbocycles. The lowest BCUT2D eigenvalue weighted by Gasteiger charge is -2.19. The summed E-state index contributed by atoms with van der Waals surface area (Å²) < 4.78 is 53.1. The van der Waals surface area contributed by atoms with E-state index in [4.69, 9.17) is 5.73 Å². The van der Waals surface area contributed by atoms with Gasteiger partial charge in [-0.2, -0.15) is 13.2 Å². The summed E-state index contributed by atoms with van der Waals surface area (Å²) in [5.41, 5.74) is 2.70. The molecule has 0 bridgehead atoms. The van der Waals surface area contributed by atoms with Gasteiger partial charge < -0.3 is 11.1 Å². The van der Waals surface area contributed by atoms with E-state index < -0.39 is 46.8 Å². The lowest BCUT2D eigenvalue weighted by atomic mass is 10.00. The van der Waals surface area contributed by atoms with Crippen LogP contribution in [0.3, 0.4) is 0 Å². The van der Waals surface area contributed by atoms with Crippen molar-refractivity contribution in [2.45, 2.75) is 18.6 Å². The number of rotatable bonds is 6. The lowest BCUT2D eigenvalue weighted by Crippen LogP contribution is -2.47. The fourth-order valence-corrected chi connectivity index (χ4v) is 2.45. The molecule has 0 aliphatic heterocycles. The number of amides is 2. The van der Waals surface area contributed by atoms with Gasteiger partial charge >= 0.3 is 6.18 Å². The number of primary amides is 1. The summed E-state index contributed by atoms with van der Waals surface area (Å²) in [7, 11) is 0. The van der Waals surface area contributed by atoms with Crippen molar-refractivity contribution in [1.29, 1.82) is 0 Å². The molecule has 2 aromatic carbocycles. The Morgan fingerprint density at radius 2 is 1.63 bits per heavy atom. The second-order valence-electron chi connectivity index (χ2n) is 5.60. The maximum absolute atomic E-state index is 13.9. The van der Waals surface area contributed by atoms with Crippen LogP contribution in [0.25, 0.3) is 0 Å². The van der Waals surface area contributed by atoms with Crippen molar-refractivity contribution < 1.29 is 31.9 Å². The molecular formula is C18H14F4N2O3. The van der Waals surface area contributed by atoms with Crippen molar-refractivity contribution in [2.75, 3.05) is 0 Å². The van der Waals surface area contributed by atoms with E-state index in [1.165, 1.54) is 0 Å². The molecule has 5 nitrogen and oxygen atoms in total. The fraction of sp³-hybridized carbons (Fsp3) is 0.167. The first kappa shape index (κ1) is 20.1. The zero-order chi connectivity index (χ0) is 20.2. The van der Waals surface area contributed by atoms with Gasteiger partial charge in [0.2, 0.25) is 5.78 Å². The highest BCUT2D eigenvalue weighted by Crippen LogP contribution is 2.33. The standard InChI is InChI=1S/C18H14F4N2O3/c19-12-8-4-7-11(18(20,21)22)14(12)17(27)24-13(15(25)16(23)26)9-10-5-2-1-3-6-10/h1-8,13H,9H2,(H2,23,26)(H,24,27). The van der Waals surface area contributed by atoms with Gasteiger partial charge in [0.15, 0.2) is 0 Å². The summed E-state index contributed by atoms with van der Waals surface area (Å²) in [6, 6.07) is 8.59. The van der Waals surface area contributed by atoms with Gasteiger partial charge in [0.1, 0.15) is 11.9 Å². The molecule has 0 spiro atoms. The second kappa shape index (κ2) is 7.98. The van der Waals surface area contributed by atoms with Crippen LogP contribution in [0.15, 0.2) is 48.5 Å². The summed E-state index contributed by atoms with van der Waals surface area (Å²) in [6.45, 7) is 0. The van der Waals surface area contributed by atoms with Crippen LogP contribution in [0.1, 0.15) is 21.5 Å². The molecule has 0 saturated heterocycles. The Bertz CT molecular complexity index is 867. The summed E-state index contributed by atoms with van der Waals surface area (Å²) in [5.74, 6) is -5.47. The monoisotopic (exact) mass is 382 g/mol. The smallest absolute Gasteiger partial charge is 0.363 e. The number of carbonyl (C=O) groups is 3. The zero-order valence-electron chi connectivity index (χ0n) is 13.7. The van der Waals surface area contributed by atoms with Crippen LogP contribution >= 0.6 is 0 Å². The number of halogens is 4. The maximum atomic E-state index is 13.9. The molecule has 3 N–H and O–H groups in total. The van der Waals surface area contributed by atoms with Gasteiger partial charge in [-0.25, -0.2) is 4.39 Å². The van der Waals surface area contributed by atoms with Crippen LogP contribution in [0.4, 0.5) is 17.6 Å². The predicted molar refractivity (Wildman–Crippen MR) is 87.0 cm³/mol. The average molecular weight is 382 g/mol. The molecule has 0 heterocycles. The molecule has 2 aromatic rings. The highest BCUT2D eigenvalue weighted by atomic mass is 19.4. The normalized spacial score (nSPS) is 12.3. The third-order valence-corrected chi connectivity index (χ3v) is 3.69. The molecule has 0 aliphatic carbocycles. The average Bonchev–Trinajstić information content (AvgIpc) is 2.60. The van der Waals surface area contributed by atoms with Crippen LogP contribution in [-0.4, -0.2) is 23.6 Å². The van der Waals surface area contributed by atoms with Crippen molar-refractivity contribution in [3.05, 3.63) is 71.0 Å². The van der Waals surface area contributed by atoms with Crippen molar-refractivity contribution in [1.82, 2.24) is 5.32 Å². The summed E-state index contributed by atoms with van der Waals surface area (Å²) in [4.78, 5) is 35.5. The lowest BCUT2D eigenvalue weighted by molar-refractivity contribution is -0.138. The van der Waals surface area contributed by atoms with Gasteiger partial charge in [-0.1, -0.05) is 36.4 Å². The molecular weight excluding hydrogens is 368 g/mol. The molecule has 1 atom stereocenters. The number of ketones is 1. The maximum Gasteiger partial charge on any atom is 0.417 e. The highest BCUT2D eigenvalue weighted by Gasteiger charge is 2.37. The first-order valence-electron chi connectivity index (χ1n) is 7.65. The van der Waals surface area contributed by atoms with E-state index in [0.29, 0.717) is 17.7 Å². The van der Waals surface area contributed by atoms with Gasteiger partial charge in [-0.3, -0.25) is 14.4 Å². The Morgan fingerprint density at radius 3 is 2.19 bits per heavy atom. The Hall–Kier alpha value is -3.23. The Kier molecular flexibility index (Phi) is 5.94. The van der Waals surface area contributed by atoms with Crippen molar-refractivity contribution in [3.63, 3.8) is 0 Å². The first-order valence-corrected chi connectivity index (χ1v) is 7.65. The fourth-order valence-electron chi connectivity index (χ4n) is 2.45. The van der Waals surface area contributed by atoms with Crippen LogP contribution < -0.4 is 11.1 Å². The minimum atomic E-state index is -4.99. The van der Waals surface area contributed by atoms with Gasteiger partial charge in [-0.05, 0) is 17.7 Å². The molecule has 9 heteroatoms. The van der Waals surface area contributed by atoms with E-state index in [9.17, 15) is 31.9 Å². The predicted octanol–water partition coefficient (Wildman–Crippen LogP) is 2.24. The number of alkyl halides is 3. The third kappa shape index (κ3) is 4.90. The van der Waals surface area contributed by atoms with E-state index in [1.54, 1.807) is 30.3 Å². The summed E-state index contributed by atoms with van der Waals surface area (Å²) >= 11 is 0. The van der Waals surface area contributed by atoms with E-state index in [-0.39, 0.29) is 6.42 Å². The van der Waals surface area contributed by atoms with Crippen LogP contribution in [-0.2, 0) is 22.2 Å². The molecule has 1 unspecified atom stereocenters. The van der Waals surface area contributed by atoms with E-state index in [1.807, 2.05) is 5.32 Å². The topological polar surface area (TPSA) is 89.3 Å². The van der Waals surface area contributed by atoms with E-state index in [2.05, 4.69) is 0 Å². The van der Waals surface area contributed by atoms with Crippen LogP contribution in [0.5, 0.6) is 0 Å². The van der Waals surface area contributed by atoms with Gasteiger partial charge in [0.05, 0.1) is 11.1 Å². The van der Waals surface area contributed by atoms with E-state index in [0.717, 1.165) is 6.07 Å². The SMILES string of the molecule is NC(=O)C(=O)C(Cc1ccccc1)NC(=O)c1c(F)cccc1C(F)(F)F. The van der Waals surface area contributed by atoms with E-state index >= 15 is 0 Å². The van der Waals surface area contributed by atoms with Crippen molar-refractivity contribution in [3.8, 4) is 0 Å². The minimum Gasteiger partial charge on any atom is -0.363 e. The Balaban J connectivity index is 2.37. The number of hydrogen-bond donors (Lipinski definition) is 2. The number of hydrogen-bond acceptors (Lipinski definition) is 3. The molecule has 142 valence electrons. The molecule has 2 amide bonds. The molecule has 2 rings (SSSR count). The Morgan fingerprint density at radius 1 is 1.00 bits per heavy atom.